The molecule has 0 amide bonds. The molecule has 0 radical (unpaired) electrons. The molecule has 0 aromatic heterocycles. The third-order valence-corrected chi connectivity index (χ3v) is 4.28. The van der Waals surface area contributed by atoms with Crippen molar-refractivity contribution in [2.75, 3.05) is 19.6 Å². The maximum absolute atomic E-state index is 3.64. The molecule has 0 spiro atoms. The molecule has 1 fully saturated rings. The fourth-order valence-electron chi connectivity index (χ4n) is 3.18. The van der Waals surface area contributed by atoms with Crippen LogP contribution in [0.3, 0.4) is 0 Å². The monoisotopic (exact) mass is 260 g/mol. The molecule has 1 aromatic rings. The van der Waals surface area contributed by atoms with E-state index >= 15 is 0 Å². The molecule has 0 aliphatic carbocycles. The smallest absolute Gasteiger partial charge is 0.0239 e. The average Bonchev–Trinajstić information content (AvgIpc) is 2.58. The van der Waals surface area contributed by atoms with Crippen molar-refractivity contribution in [3.05, 3.63) is 34.4 Å². The Morgan fingerprint density at radius 2 is 1.89 bits per heavy atom. The highest BCUT2D eigenvalue weighted by atomic mass is 15.2. The van der Waals surface area contributed by atoms with Crippen LogP contribution in [0.1, 0.15) is 42.0 Å². The number of aryl methyl sites for hydroxylation is 3. The minimum absolute atomic E-state index is 0.661. The number of hydrogen-bond acceptors (Lipinski definition) is 2. The fraction of sp³-hybridized carbons (Fsp3) is 0.647. The SMILES string of the molecule is CCC1CN(Cc2c(C)cc(C)cc2C)CCCN1. The Bertz CT molecular complexity index is 402. The molecule has 1 atom stereocenters. The van der Waals surface area contributed by atoms with Crippen LogP contribution in [-0.2, 0) is 6.54 Å². The predicted molar refractivity (Wildman–Crippen MR) is 82.6 cm³/mol. The molecule has 19 heavy (non-hydrogen) atoms. The fourth-order valence-corrected chi connectivity index (χ4v) is 3.18. The zero-order valence-electron chi connectivity index (χ0n) is 12.9. The lowest BCUT2D eigenvalue weighted by Gasteiger charge is -2.25. The van der Waals surface area contributed by atoms with Crippen LogP contribution < -0.4 is 5.32 Å². The van der Waals surface area contributed by atoms with E-state index in [9.17, 15) is 0 Å². The van der Waals surface area contributed by atoms with E-state index < -0.39 is 0 Å². The van der Waals surface area contributed by atoms with E-state index in [1.54, 1.807) is 0 Å². The molecule has 1 aliphatic heterocycles. The lowest BCUT2D eigenvalue weighted by atomic mass is 9.99. The van der Waals surface area contributed by atoms with Crippen LogP contribution in [0.15, 0.2) is 12.1 Å². The van der Waals surface area contributed by atoms with Crippen molar-refractivity contribution in [3.63, 3.8) is 0 Å². The van der Waals surface area contributed by atoms with Gasteiger partial charge in [-0.1, -0.05) is 24.6 Å². The third-order valence-electron chi connectivity index (χ3n) is 4.28. The first kappa shape index (κ1) is 14.5. The largest absolute Gasteiger partial charge is 0.313 e. The average molecular weight is 260 g/mol. The van der Waals surface area contributed by atoms with Crippen LogP contribution in [0, 0.1) is 20.8 Å². The minimum Gasteiger partial charge on any atom is -0.313 e. The van der Waals surface area contributed by atoms with Gasteiger partial charge in [0.1, 0.15) is 0 Å². The van der Waals surface area contributed by atoms with Crippen LogP contribution in [0.5, 0.6) is 0 Å². The van der Waals surface area contributed by atoms with Crippen LogP contribution in [0.4, 0.5) is 0 Å². The van der Waals surface area contributed by atoms with Crippen molar-refractivity contribution < 1.29 is 0 Å². The Morgan fingerprint density at radius 3 is 2.53 bits per heavy atom. The molecular formula is C17H28N2. The molecule has 0 bridgehead atoms. The maximum atomic E-state index is 3.64. The predicted octanol–water partition coefficient (Wildman–Crippen LogP) is 3.19. The summed E-state index contributed by atoms with van der Waals surface area (Å²) in [5.74, 6) is 0. The molecule has 2 nitrogen and oxygen atoms in total. The van der Waals surface area contributed by atoms with Gasteiger partial charge in [0.25, 0.3) is 0 Å². The zero-order chi connectivity index (χ0) is 13.8. The number of nitrogens with zero attached hydrogens (tertiary/aromatic N) is 1. The molecule has 1 aromatic carbocycles. The highest BCUT2D eigenvalue weighted by Gasteiger charge is 2.17. The van der Waals surface area contributed by atoms with Gasteiger partial charge < -0.3 is 5.32 Å². The van der Waals surface area contributed by atoms with Gasteiger partial charge in [0.05, 0.1) is 0 Å². The van der Waals surface area contributed by atoms with Crippen molar-refractivity contribution in [2.24, 2.45) is 0 Å². The summed E-state index contributed by atoms with van der Waals surface area (Å²) in [5.41, 5.74) is 5.80. The van der Waals surface area contributed by atoms with Crippen molar-refractivity contribution in [3.8, 4) is 0 Å². The van der Waals surface area contributed by atoms with Gasteiger partial charge in [-0.25, -0.2) is 0 Å². The normalized spacial score (nSPS) is 21.4. The standard InChI is InChI=1S/C17H28N2/c1-5-16-11-19(8-6-7-18-16)12-17-14(3)9-13(2)10-15(17)4/h9-10,16,18H,5-8,11-12H2,1-4H3. The highest BCUT2D eigenvalue weighted by molar-refractivity contribution is 5.37. The Labute approximate surface area is 118 Å². The van der Waals surface area contributed by atoms with Gasteiger partial charge in [-0.05, 0) is 63.4 Å². The second-order valence-electron chi connectivity index (χ2n) is 6.03. The summed E-state index contributed by atoms with van der Waals surface area (Å²) < 4.78 is 0. The summed E-state index contributed by atoms with van der Waals surface area (Å²) in [6, 6.07) is 5.29. The number of rotatable bonds is 3. The second kappa shape index (κ2) is 6.53. The number of hydrogen-bond donors (Lipinski definition) is 1. The molecule has 1 aliphatic rings. The number of benzene rings is 1. The van der Waals surface area contributed by atoms with E-state index in [1.807, 2.05) is 0 Å². The third kappa shape index (κ3) is 3.80. The first-order valence-electron chi connectivity index (χ1n) is 7.62. The van der Waals surface area contributed by atoms with Gasteiger partial charge in [-0.2, -0.15) is 0 Å². The summed E-state index contributed by atoms with van der Waals surface area (Å²) in [4.78, 5) is 2.62. The molecular weight excluding hydrogens is 232 g/mol. The lowest BCUT2D eigenvalue weighted by molar-refractivity contribution is 0.256. The highest BCUT2D eigenvalue weighted by Crippen LogP contribution is 2.19. The van der Waals surface area contributed by atoms with E-state index in [-0.39, 0.29) is 0 Å². The van der Waals surface area contributed by atoms with E-state index in [1.165, 1.54) is 54.7 Å². The Balaban J connectivity index is 2.11. The summed E-state index contributed by atoms with van der Waals surface area (Å²) in [6.45, 7) is 13.7. The van der Waals surface area contributed by atoms with Crippen LogP contribution in [0.2, 0.25) is 0 Å². The van der Waals surface area contributed by atoms with Crippen LogP contribution >= 0.6 is 0 Å². The summed E-state index contributed by atoms with van der Waals surface area (Å²) in [5, 5.41) is 3.64. The van der Waals surface area contributed by atoms with Gasteiger partial charge in [-0.15, -0.1) is 0 Å². The van der Waals surface area contributed by atoms with E-state index in [4.69, 9.17) is 0 Å². The van der Waals surface area contributed by atoms with Crippen molar-refractivity contribution in [1.29, 1.82) is 0 Å². The summed E-state index contributed by atoms with van der Waals surface area (Å²) in [6.07, 6.45) is 2.49. The quantitative estimate of drug-likeness (QED) is 0.898. The molecule has 2 rings (SSSR count). The van der Waals surface area contributed by atoms with E-state index in [0.717, 1.165) is 6.54 Å². The summed E-state index contributed by atoms with van der Waals surface area (Å²) in [7, 11) is 0. The number of nitrogens with one attached hydrogen (secondary N) is 1. The Kier molecular flexibility index (Phi) is 5.00. The van der Waals surface area contributed by atoms with E-state index in [2.05, 4.69) is 50.0 Å². The van der Waals surface area contributed by atoms with E-state index in [0.29, 0.717) is 6.04 Å². The minimum atomic E-state index is 0.661. The van der Waals surface area contributed by atoms with Crippen molar-refractivity contribution >= 4 is 0 Å². The molecule has 1 heterocycles. The van der Waals surface area contributed by atoms with Gasteiger partial charge >= 0.3 is 0 Å². The van der Waals surface area contributed by atoms with Gasteiger partial charge in [0.2, 0.25) is 0 Å². The Morgan fingerprint density at radius 1 is 1.21 bits per heavy atom. The van der Waals surface area contributed by atoms with Gasteiger partial charge in [0, 0.05) is 19.1 Å². The van der Waals surface area contributed by atoms with Crippen molar-refractivity contribution in [2.45, 2.75) is 53.1 Å². The van der Waals surface area contributed by atoms with Gasteiger partial charge in [0.15, 0.2) is 0 Å². The summed E-state index contributed by atoms with van der Waals surface area (Å²) >= 11 is 0. The van der Waals surface area contributed by atoms with Crippen LogP contribution in [0.25, 0.3) is 0 Å². The van der Waals surface area contributed by atoms with Gasteiger partial charge in [-0.3, -0.25) is 4.90 Å². The Hall–Kier alpha value is -0.860. The molecule has 1 N–H and O–H groups in total. The topological polar surface area (TPSA) is 15.3 Å². The lowest BCUT2D eigenvalue weighted by Crippen LogP contribution is -2.37. The zero-order valence-corrected chi connectivity index (χ0v) is 12.9. The molecule has 2 heteroatoms. The maximum Gasteiger partial charge on any atom is 0.0239 e. The van der Waals surface area contributed by atoms with Crippen molar-refractivity contribution in [1.82, 2.24) is 10.2 Å². The molecule has 1 saturated heterocycles. The first-order valence-corrected chi connectivity index (χ1v) is 7.62. The van der Waals surface area contributed by atoms with Crippen LogP contribution in [-0.4, -0.2) is 30.6 Å². The molecule has 106 valence electrons. The molecule has 0 saturated carbocycles. The molecule has 1 unspecified atom stereocenters. The second-order valence-corrected chi connectivity index (χ2v) is 6.03. The first-order chi connectivity index (χ1) is 9.10.